The molecule has 1 aromatic carbocycles. The van der Waals surface area contributed by atoms with Crippen molar-refractivity contribution >= 4 is 5.71 Å². The maximum atomic E-state index is 8.76. The predicted octanol–water partition coefficient (Wildman–Crippen LogP) is 5.46. The maximum Gasteiger partial charge on any atom is 0.0840 e. The number of hydrogen-bond acceptors (Lipinski definition) is 4. The molecular weight excluding hydrogens is 368 g/mol. The number of hydrogen-bond donors (Lipinski definition) is 2. The molecule has 1 aliphatic carbocycles. The SMILES string of the molecule is C=C(NC1CCCCC1)C(=N)c1cc(-c2cncc(CN3CCCC3)c2)ccc1C. The van der Waals surface area contributed by atoms with Crippen molar-refractivity contribution in [2.75, 3.05) is 13.1 Å². The van der Waals surface area contributed by atoms with E-state index in [-0.39, 0.29) is 0 Å². The summed E-state index contributed by atoms with van der Waals surface area (Å²) in [6, 6.07) is 9.09. The van der Waals surface area contributed by atoms with Gasteiger partial charge in [-0.15, -0.1) is 0 Å². The fourth-order valence-corrected chi connectivity index (χ4v) is 4.73. The van der Waals surface area contributed by atoms with Crippen molar-refractivity contribution < 1.29 is 0 Å². The molecule has 30 heavy (non-hydrogen) atoms. The first-order chi connectivity index (χ1) is 14.6. The molecule has 2 aliphatic rings. The van der Waals surface area contributed by atoms with Crippen molar-refractivity contribution in [3.05, 3.63) is 65.6 Å². The van der Waals surface area contributed by atoms with Gasteiger partial charge in [0.25, 0.3) is 0 Å². The third-order valence-electron chi connectivity index (χ3n) is 6.53. The first-order valence-electron chi connectivity index (χ1n) is 11.4. The summed E-state index contributed by atoms with van der Waals surface area (Å²) in [5, 5.41) is 12.3. The summed E-state index contributed by atoms with van der Waals surface area (Å²) in [4.78, 5) is 7.00. The van der Waals surface area contributed by atoms with Gasteiger partial charge >= 0.3 is 0 Å². The molecule has 1 aromatic heterocycles. The van der Waals surface area contributed by atoms with Gasteiger partial charge in [-0.05, 0) is 74.5 Å². The molecule has 2 N–H and O–H groups in total. The number of rotatable bonds is 7. The highest BCUT2D eigenvalue weighted by Gasteiger charge is 2.17. The number of likely N-dealkylation sites (tertiary alicyclic amines) is 1. The Balaban J connectivity index is 1.51. The minimum atomic E-state index is 0.460. The summed E-state index contributed by atoms with van der Waals surface area (Å²) in [5.74, 6) is 0. The lowest BCUT2D eigenvalue weighted by Gasteiger charge is -2.25. The summed E-state index contributed by atoms with van der Waals surface area (Å²) in [7, 11) is 0. The Bertz CT molecular complexity index is 905. The van der Waals surface area contributed by atoms with Crippen molar-refractivity contribution in [2.45, 2.75) is 64.5 Å². The quantitative estimate of drug-likeness (QED) is 0.605. The fourth-order valence-electron chi connectivity index (χ4n) is 4.73. The summed E-state index contributed by atoms with van der Waals surface area (Å²) < 4.78 is 0. The Morgan fingerprint density at radius 1 is 1.07 bits per heavy atom. The van der Waals surface area contributed by atoms with Crippen LogP contribution < -0.4 is 5.32 Å². The van der Waals surface area contributed by atoms with Crippen molar-refractivity contribution in [3.8, 4) is 11.1 Å². The van der Waals surface area contributed by atoms with Crippen LogP contribution in [0.2, 0.25) is 0 Å². The van der Waals surface area contributed by atoms with Gasteiger partial charge in [-0.1, -0.05) is 38.0 Å². The molecule has 158 valence electrons. The number of aryl methyl sites for hydroxylation is 1. The molecule has 4 rings (SSSR count). The Hall–Kier alpha value is -2.46. The van der Waals surface area contributed by atoms with E-state index in [1.165, 1.54) is 63.6 Å². The van der Waals surface area contributed by atoms with Gasteiger partial charge in [-0.3, -0.25) is 15.3 Å². The molecule has 2 aromatic rings. The van der Waals surface area contributed by atoms with Crippen molar-refractivity contribution in [2.24, 2.45) is 0 Å². The first kappa shape index (κ1) is 20.8. The van der Waals surface area contributed by atoms with E-state index in [0.29, 0.717) is 11.8 Å². The molecule has 1 aliphatic heterocycles. The molecule has 2 heterocycles. The van der Waals surface area contributed by atoms with E-state index in [1.54, 1.807) is 0 Å². The second-order valence-corrected chi connectivity index (χ2v) is 8.93. The minimum Gasteiger partial charge on any atom is -0.381 e. The highest BCUT2D eigenvalue weighted by atomic mass is 15.1. The van der Waals surface area contributed by atoms with Gasteiger partial charge in [0.1, 0.15) is 0 Å². The molecule has 0 unspecified atom stereocenters. The van der Waals surface area contributed by atoms with Crippen LogP contribution >= 0.6 is 0 Å². The van der Waals surface area contributed by atoms with Crippen LogP contribution in [0.4, 0.5) is 0 Å². The smallest absolute Gasteiger partial charge is 0.0840 e. The summed E-state index contributed by atoms with van der Waals surface area (Å²) in [6.45, 7) is 9.60. The highest BCUT2D eigenvalue weighted by molar-refractivity contribution is 6.11. The van der Waals surface area contributed by atoms with Crippen LogP contribution in [0.25, 0.3) is 11.1 Å². The Morgan fingerprint density at radius 2 is 1.83 bits per heavy atom. The molecule has 0 spiro atoms. The fraction of sp³-hybridized carbons (Fsp3) is 0.462. The van der Waals surface area contributed by atoms with Crippen molar-refractivity contribution in [3.63, 3.8) is 0 Å². The van der Waals surface area contributed by atoms with E-state index in [4.69, 9.17) is 5.41 Å². The number of aromatic nitrogens is 1. The van der Waals surface area contributed by atoms with Crippen LogP contribution in [0, 0.1) is 12.3 Å². The number of nitrogens with one attached hydrogen (secondary N) is 2. The molecule has 0 amide bonds. The first-order valence-corrected chi connectivity index (χ1v) is 11.4. The van der Waals surface area contributed by atoms with Gasteiger partial charge in [0, 0.05) is 36.1 Å². The van der Waals surface area contributed by atoms with E-state index >= 15 is 0 Å². The zero-order chi connectivity index (χ0) is 20.9. The van der Waals surface area contributed by atoms with Gasteiger partial charge in [-0.25, -0.2) is 0 Å². The van der Waals surface area contributed by atoms with Crippen LogP contribution in [0.5, 0.6) is 0 Å². The Labute approximate surface area is 180 Å². The van der Waals surface area contributed by atoms with Gasteiger partial charge in [0.15, 0.2) is 0 Å². The normalized spacial score (nSPS) is 17.8. The van der Waals surface area contributed by atoms with Crippen LogP contribution in [0.1, 0.15) is 61.6 Å². The monoisotopic (exact) mass is 402 g/mol. The van der Waals surface area contributed by atoms with Crippen LogP contribution in [-0.4, -0.2) is 34.7 Å². The summed E-state index contributed by atoms with van der Waals surface area (Å²) >= 11 is 0. The number of benzene rings is 1. The average molecular weight is 403 g/mol. The zero-order valence-electron chi connectivity index (χ0n) is 18.2. The van der Waals surface area contributed by atoms with E-state index in [1.807, 2.05) is 12.4 Å². The highest BCUT2D eigenvalue weighted by Crippen LogP contribution is 2.25. The topological polar surface area (TPSA) is 52.0 Å². The third-order valence-corrected chi connectivity index (χ3v) is 6.53. The molecule has 1 saturated heterocycles. The van der Waals surface area contributed by atoms with Crippen LogP contribution in [-0.2, 0) is 6.54 Å². The van der Waals surface area contributed by atoms with Crippen LogP contribution in [0.3, 0.4) is 0 Å². The number of nitrogens with zero attached hydrogens (tertiary/aromatic N) is 2. The molecule has 2 fully saturated rings. The van der Waals surface area contributed by atoms with Crippen molar-refractivity contribution in [1.29, 1.82) is 5.41 Å². The number of allylic oxidation sites excluding steroid dienone is 1. The number of pyridine rings is 1. The van der Waals surface area contributed by atoms with Gasteiger partial charge in [-0.2, -0.15) is 0 Å². The molecular formula is C26H34N4. The van der Waals surface area contributed by atoms with Gasteiger partial charge in [0.05, 0.1) is 11.4 Å². The Morgan fingerprint density at radius 3 is 2.60 bits per heavy atom. The van der Waals surface area contributed by atoms with Crippen molar-refractivity contribution in [1.82, 2.24) is 15.2 Å². The molecule has 1 saturated carbocycles. The molecule has 0 atom stereocenters. The summed E-state index contributed by atoms with van der Waals surface area (Å²) in [6.07, 6.45) is 12.7. The lowest BCUT2D eigenvalue weighted by atomic mass is 9.93. The third kappa shape index (κ3) is 4.99. The Kier molecular flexibility index (Phi) is 6.63. The summed E-state index contributed by atoms with van der Waals surface area (Å²) in [5.41, 5.74) is 6.79. The second-order valence-electron chi connectivity index (χ2n) is 8.93. The predicted molar refractivity (Wildman–Crippen MR) is 125 cm³/mol. The van der Waals surface area contributed by atoms with Gasteiger partial charge < -0.3 is 5.32 Å². The van der Waals surface area contributed by atoms with E-state index < -0.39 is 0 Å². The average Bonchev–Trinajstić information content (AvgIpc) is 3.27. The zero-order valence-corrected chi connectivity index (χ0v) is 18.2. The lowest BCUT2D eigenvalue weighted by molar-refractivity contribution is 0.331. The molecule has 0 bridgehead atoms. The maximum absolute atomic E-state index is 8.76. The second kappa shape index (κ2) is 9.57. The largest absolute Gasteiger partial charge is 0.381 e. The van der Waals surface area contributed by atoms with Gasteiger partial charge in [0.2, 0.25) is 0 Å². The van der Waals surface area contributed by atoms with E-state index in [0.717, 1.165) is 34.5 Å². The lowest BCUT2D eigenvalue weighted by Crippen LogP contribution is -2.33. The van der Waals surface area contributed by atoms with E-state index in [9.17, 15) is 0 Å². The molecule has 4 heteroatoms. The standard InChI is InChI=1S/C26H34N4/c1-19-10-11-22(23-14-21(16-28-17-23)18-30-12-6-7-13-30)15-25(19)26(27)20(2)29-24-8-4-3-5-9-24/h10-11,14-17,24,27,29H,2-9,12-13,18H2,1H3. The molecule has 4 nitrogen and oxygen atoms in total. The van der Waals surface area contributed by atoms with E-state index in [2.05, 4.69) is 53.0 Å². The van der Waals surface area contributed by atoms with Crippen LogP contribution in [0.15, 0.2) is 48.9 Å². The molecule has 0 radical (unpaired) electrons. The minimum absolute atomic E-state index is 0.460.